The second-order valence-electron chi connectivity index (χ2n) is 8.54. The van der Waals surface area contributed by atoms with Gasteiger partial charge in [-0.3, -0.25) is 9.69 Å². The Morgan fingerprint density at radius 3 is 2.84 bits per heavy atom. The molecule has 0 bridgehead atoms. The Morgan fingerprint density at radius 2 is 2.06 bits per heavy atom. The fraction of sp³-hybridized carbons (Fsp3) is 0.542. The smallest absolute Gasteiger partial charge is 0.241 e. The van der Waals surface area contributed by atoms with Crippen LogP contribution in [0, 0.1) is 5.92 Å². The van der Waals surface area contributed by atoms with Gasteiger partial charge in [-0.2, -0.15) is 0 Å². The third kappa shape index (κ3) is 5.79. The van der Waals surface area contributed by atoms with Crippen LogP contribution < -0.4 is 14.4 Å². The molecular formula is C24H33N3O3S. The highest BCUT2D eigenvalue weighted by Crippen LogP contribution is 2.35. The fourth-order valence-electron chi connectivity index (χ4n) is 4.48. The number of hydrogen-bond donors (Lipinski definition) is 0. The number of hydrogen-bond acceptors (Lipinski definition) is 6. The van der Waals surface area contributed by atoms with Crippen molar-refractivity contribution in [2.45, 2.75) is 26.3 Å². The molecule has 1 fully saturated rings. The van der Waals surface area contributed by atoms with Crippen molar-refractivity contribution in [3.63, 3.8) is 0 Å². The molecule has 0 N–H and O–H groups in total. The summed E-state index contributed by atoms with van der Waals surface area (Å²) in [6.07, 6.45) is 2.34. The number of anilines is 1. The molecule has 1 saturated heterocycles. The molecule has 0 spiro atoms. The van der Waals surface area contributed by atoms with E-state index in [9.17, 15) is 4.79 Å². The van der Waals surface area contributed by atoms with Gasteiger partial charge in [0.15, 0.2) is 11.5 Å². The number of fused-ring (bicyclic) bond motifs is 1. The number of ether oxygens (including phenoxy) is 2. The van der Waals surface area contributed by atoms with Gasteiger partial charge < -0.3 is 19.3 Å². The zero-order valence-corrected chi connectivity index (χ0v) is 19.4. The number of likely N-dealkylation sites (tertiary alicyclic amines) is 1. The lowest BCUT2D eigenvalue weighted by molar-refractivity contribution is -0.119. The molecule has 7 heteroatoms. The van der Waals surface area contributed by atoms with Gasteiger partial charge >= 0.3 is 0 Å². The number of benzene rings is 1. The van der Waals surface area contributed by atoms with E-state index >= 15 is 0 Å². The summed E-state index contributed by atoms with van der Waals surface area (Å²) in [6.45, 7) is 8.58. The molecule has 2 aliphatic heterocycles. The van der Waals surface area contributed by atoms with Gasteiger partial charge in [-0.15, -0.1) is 11.3 Å². The lowest BCUT2D eigenvalue weighted by Gasteiger charge is -2.27. The molecule has 0 radical (unpaired) electrons. The van der Waals surface area contributed by atoms with Crippen LogP contribution in [0.1, 0.15) is 24.6 Å². The summed E-state index contributed by atoms with van der Waals surface area (Å²) in [4.78, 5) is 21.2. The highest BCUT2D eigenvalue weighted by Gasteiger charge is 2.28. The summed E-state index contributed by atoms with van der Waals surface area (Å²) in [5, 5.41) is 2.06. The summed E-state index contributed by atoms with van der Waals surface area (Å²) in [7, 11) is 2.20. The Bertz CT molecular complexity index is 858. The average Bonchev–Trinajstić information content (AvgIpc) is 3.44. The molecule has 168 valence electrons. The maximum absolute atomic E-state index is 13.4. The van der Waals surface area contributed by atoms with Crippen LogP contribution in [-0.4, -0.2) is 68.7 Å². The number of carbonyl (C=O) groups is 1. The van der Waals surface area contributed by atoms with Crippen LogP contribution >= 0.6 is 11.3 Å². The fourth-order valence-corrected chi connectivity index (χ4v) is 5.17. The summed E-state index contributed by atoms with van der Waals surface area (Å²) in [6, 6.07) is 9.93. The first-order valence-corrected chi connectivity index (χ1v) is 12.1. The summed E-state index contributed by atoms with van der Waals surface area (Å²) in [5.41, 5.74) is 0.862. The van der Waals surface area contributed by atoms with Crippen molar-refractivity contribution < 1.29 is 14.3 Å². The van der Waals surface area contributed by atoms with Crippen molar-refractivity contribution in [1.82, 2.24) is 9.80 Å². The van der Waals surface area contributed by atoms with E-state index in [0.717, 1.165) is 44.0 Å². The maximum atomic E-state index is 13.4. The quantitative estimate of drug-likeness (QED) is 0.591. The Hall–Kier alpha value is -2.09. The minimum absolute atomic E-state index is 0.132. The van der Waals surface area contributed by atoms with Gasteiger partial charge in [0.1, 0.15) is 13.2 Å². The van der Waals surface area contributed by atoms with Crippen LogP contribution in [0.4, 0.5) is 5.69 Å². The molecule has 1 atom stereocenters. The number of rotatable bonds is 9. The standard InChI is InChI=1S/C24H33N3O3S/c1-3-9-25(2)15-19-8-10-26(16-19)18-24(28)27(17-21-5-4-13-31-21)20-6-7-22-23(14-20)30-12-11-29-22/h4-7,13-14,19H,3,8-12,15-18H2,1-2H3/t19-/m0/s1. The van der Waals surface area contributed by atoms with Gasteiger partial charge in [0.05, 0.1) is 13.1 Å². The van der Waals surface area contributed by atoms with Gasteiger partial charge in [-0.25, -0.2) is 0 Å². The largest absolute Gasteiger partial charge is 0.486 e. The number of thiophene rings is 1. The Morgan fingerprint density at radius 1 is 1.23 bits per heavy atom. The van der Waals surface area contributed by atoms with Crippen molar-refractivity contribution in [2.75, 3.05) is 57.9 Å². The van der Waals surface area contributed by atoms with E-state index < -0.39 is 0 Å². The first-order chi connectivity index (χ1) is 15.1. The van der Waals surface area contributed by atoms with Gasteiger partial charge in [0.2, 0.25) is 5.91 Å². The van der Waals surface area contributed by atoms with E-state index in [2.05, 4.69) is 35.2 Å². The predicted octanol–water partition coefficient (Wildman–Crippen LogP) is 3.72. The summed E-state index contributed by atoms with van der Waals surface area (Å²) >= 11 is 1.68. The van der Waals surface area contributed by atoms with Crippen LogP contribution in [0.15, 0.2) is 35.7 Å². The van der Waals surface area contributed by atoms with Crippen molar-refractivity contribution >= 4 is 22.9 Å². The van der Waals surface area contributed by atoms with Crippen molar-refractivity contribution in [2.24, 2.45) is 5.92 Å². The van der Waals surface area contributed by atoms with E-state index in [4.69, 9.17) is 9.47 Å². The molecule has 1 aromatic carbocycles. The predicted molar refractivity (Wildman–Crippen MR) is 125 cm³/mol. The molecule has 2 aromatic rings. The minimum atomic E-state index is 0.132. The molecular weight excluding hydrogens is 410 g/mol. The summed E-state index contributed by atoms with van der Waals surface area (Å²) in [5.74, 6) is 2.24. The minimum Gasteiger partial charge on any atom is -0.486 e. The SMILES string of the molecule is CCCN(C)C[C@@H]1CCN(CC(=O)N(Cc2cccs2)c2ccc3c(c2)OCCO3)C1. The van der Waals surface area contributed by atoms with Crippen LogP contribution in [0.3, 0.4) is 0 Å². The van der Waals surface area contributed by atoms with Crippen LogP contribution in [0.5, 0.6) is 11.5 Å². The number of carbonyl (C=O) groups excluding carboxylic acids is 1. The molecule has 0 saturated carbocycles. The Kier molecular flexibility index (Phi) is 7.48. The molecule has 31 heavy (non-hydrogen) atoms. The number of amides is 1. The molecule has 4 rings (SSSR count). The van der Waals surface area contributed by atoms with Crippen LogP contribution in [-0.2, 0) is 11.3 Å². The maximum Gasteiger partial charge on any atom is 0.241 e. The molecule has 1 amide bonds. The monoisotopic (exact) mass is 443 g/mol. The zero-order chi connectivity index (χ0) is 21.6. The Balaban J connectivity index is 1.44. The molecule has 0 unspecified atom stereocenters. The van der Waals surface area contributed by atoms with Gasteiger partial charge in [0.25, 0.3) is 0 Å². The molecule has 0 aliphatic carbocycles. The average molecular weight is 444 g/mol. The van der Waals surface area contributed by atoms with Crippen molar-refractivity contribution in [3.05, 3.63) is 40.6 Å². The van der Waals surface area contributed by atoms with E-state index in [-0.39, 0.29) is 5.91 Å². The molecule has 3 heterocycles. The second kappa shape index (κ2) is 10.5. The van der Waals surface area contributed by atoms with E-state index in [0.29, 0.717) is 38.0 Å². The molecule has 6 nitrogen and oxygen atoms in total. The van der Waals surface area contributed by atoms with E-state index in [1.807, 2.05) is 29.2 Å². The third-order valence-electron chi connectivity index (χ3n) is 5.94. The number of nitrogens with zero attached hydrogens (tertiary/aromatic N) is 3. The highest BCUT2D eigenvalue weighted by molar-refractivity contribution is 7.09. The lowest BCUT2D eigenvalue weighted by atomic mass is 10.1. The van der Waals surface area contributed by atoms with Gasteiger partial charge in [-0.1, -0.05) is 13.0 Å². The van der Waals surface area contributed by atoms with E-state index in [1.165, 1.54) is 11.3 Å². The lowest BCUT2D eigenvalue weighted by Crippen LogP contribution is -2.39. The topological polar surface area (TPSA) is 45.2 Å². The van der Waals surface area contributed by atoms with Gasteiger partial charge in [0, 0.05) is 29.7 Å². The van der Waals surface area contributed by atoms with E-state index in [1.54, 1.807) is 11.3 Å². The third-order valence-corrected chi connectivity index (χ3v) is 6.80. The molecule has 2 aliphatic rings. The second-order valence-corrected chi connectivity index (χ2v) is 9.57. The normalized spacial score (nSPS) is 18.5. The van der Waals surface area contributed by atoms with Crippen LogP contribution in [0.2, 0.25) is 0 Å². The summed E-state index contributed by atoms with van der Waals surface area (Å²) < 4.78 is 11.4. The van der Waals surface area contributed by atoms with Crippen molar-refractivity contribution in [3.8, 4) is 11.5 Å². The first-order valence-electron chi connectivity index (χ1n) is 11.3. The zero-order valence-electron chi connectivity index (χ0n) is 18.6. The highest BCUT2D eigenvalue weighted by atomic mass is 32.1. The Labute approximate surface area is 189 Å². The first kappa shape index (κ1) is 22.1. The van der Waals surface area contributed by atoms with Crippen molar-refractivity contribution in [1.29, 1.82) is 0 Å². The molecule has 1 aromatic heterocycles. The van der Waals surface area contributed by atoms with Gasteiger partial charge in [-0.05, 0) is 62.5 Å². The van der Waals surface area contributed by atoms with Crippen LogP contribution in [0.25, 0.3) is 0 Å².